The van der Waals surface area contributed by atoms with E-state index in [9.17, 15) is 0 Å². The number of aromatic nitrogens is 2. The quantitative estimate of drug-likeness (QED) is 0.572. The molecule has 0 aliphatic rings. The molecule has 1 N–H and O–H groups in total. The van der Waals surface area contributed by atoms with Crippen LogP contribution < -0.4 is 5.32 Å². The Kier molecular flexibility index (Phi) is 3.68. The van der Waals surface area contributed by atoms with Crippen LogP contribution in [0.2, 0.25) is 0 Å². The zero-order chi connectivity index (χ0) is 10.6. The van der Waals surface area contributed by atoms with Crippen LogP contribution in [0.1, 0.15) is 27.7 Å². The van der Waals surface area contributed by atoms with Crippen molar-refractivity contribution >= 4 is 5.96 Å². The van der Waals surface area contributed by atoms with Gasteiger partial charge in [-0.2, -0.15) is 0 Å². The first-order valence-electron chi connectivity index (χ1n) is 4.92. The van der Waals surface area contributed by atoms with Crippen LogP contribution in [0.25, 0.3) is 0 Å². The largest absolute Gasteiger partial charge is 0.353 e. The zero-order valence-corrected chi connectivity index (χ0v) is 9.23. The predicted octanol–water partition coefficient (Wildman–Crippen LogP) is 1.49. The molecule has 0 aromatic carbocycles. The van der Waals surface area contributed by atoms with Crippen molar-refractivity contribution in [2.24, 2.45) is 4.99 Å². The van der Waals surface area contributed by atoms with E-state index in [0.717, 1.165) is 5.96 Å². The fourth-order valence-electron chi connectivity index (χ4n) is 1.07. The average molecular weight is 194 g/mol. The van der Waals surface area contributed by atoms with E-state index in [1.807, 2.05) is 10.8 Å². The average Bonchev–Trinajstić information content (AvgIpc) is 2.52. The lowest BCUT2D eigenvalue weighted by molar-refractivity contribution is 0.697. The summed E-state index contributed by atoms with van der Waals surface area (Å²) in [6.07, 6.45) is 5.38. The molecule has 0 unspecified atom stereocenters. The normalized spacial score (nSPS) is 12.6. The van der Waals surface area contributed by atoms with Crippen LogP contribution in [-0.2, 0) is 0 Å². The second kappa shape index (κ2) is 4.79. The van der Waals surface area contributed by atoms with E-state index >= 15 is 0 Å². The van der Waals surface area contributed by atoms with E-state index < -0.39 is 0 Å². The third-order valence-electron chi connectivity index (χ3n) is 1.55. The number of hydrogen-bond acceptors (Lipinski definition) is 2. The summed E-state index contributed by atoms with van der Waals surface area (Å²) in [5.41, 5.74) is 0. The molecule has 0 saturated heterocycles. The van der Waals surface area contributed by atoms with Crippen LogP contribution in [0, 0.1) is 0 Å². The summed E-state index contributed by atoms with van der Waals surface area (Å²) in [6.45, 7) is 8.29. The van der Waals surface area contributed by atoms with Crippen molar-refractivity contribution in [1.82, 2.24) is 14.9 Å². The molecule has 4 nitrogen and oxygen atoms in total. The van der Waals surface area contributed by atoms with Crippen molar-refractivity contribution in [1.29, 1.82) is 0 Å². The molecule has 0 amide bonds. The number of nitrogens with zero attached hydrogens (tertiary/aromatic N) is 3. The first-order chi connectivity index (χ1) is 6.59. The molecule has 1 rings (SSSR count). The second-order valence-corrected chi connectivity index (χ2v) is 3.82. The van der Waals surface area contributed by atoms with E-state index in [1.54, 1.807) is 12.5 Å². The lowest BCUT2D eigenvalue weighted by atomic mass is 10.4. The molecule has 0 spiro atoms. The molecule has 0 aliphatic carbocycles. The molecule has 1 aromatic rings. The molecular formula is C10H18N4. The molecule has 78 valence electrons. The first-order valence-corrected chi connectivity index (χ1v) is 4.92. The van der Waals surface area contributed by atoms with Gasteiger partial charge in [0.2, 0.25) is 5.96 Å². The van der Waals surface area contributed by atoms with Gasteiger partial charge >= 0.3 is 0 Å². The second-order valence-electron chi connectivity index (χ2n) is 3.82. The third kappa shape index (κ3) is 3.20. The molecule has 0 fully saturated rings. The Balaban J connectivity index is 2.83. The maximum absolute atomic E-state index is 4.49. The summed E-state index contributed by atoms with van der Waals surface area (Å²) in [5, 5.41) is 3.29. The molecule has 0 radical (unpaired) electrons. The van der Waals surface area contributed by atoms with Gasteiger partial charge in [0.15, 0.2) is 0 Å². The van der Waals surface area contributed by atoms with Crippen LogP contribution in [0.4, 0.5) is 0 Å². The van der Waals surface area contributed by atoms with E-state index in [1.165, 1.54) is 0 Å². The third-order valence-corrected chi connectivity index (χ3v) is 1.55. The highest BCUT2D eigenvalue weighted by Gasteiger charge is 2.03. The minimum atomic E-state index is 0.277. The van der Waals surface area contributed by atoms with Gasteiger partial charge in [-0.3, -0.25) is 4.57 Å². The Bertz CT molecular complexity index is 285. The Morgan fingerprint density at radius 3 is 2.50 bits per heavy atom. The molecule has 1 aromatic heterocycles. The van der Waals surface area contributed by atoms with Crippen molar-refractivity contribution in [2.75, 3.05) is 0 Å². The Morgan fingerprint density at radius 2 is 2.07 bits per heavy atom. The Labute approximate surface area is 85.1 Å². The number of nitrogens with one attached hydrogen (secondary N) is 1. The lowest BCUT2D eigenvalue weighted by Gasteiger charge is -2.14. The summed E-state index contributed by atoms with van der Waals surface area (Å²) in [4.78, 5) is 8.49. The minimum Gasteiger partial charge on any atom is -0.353 e. The number of aliphatic imine (C=N–C) groups is 1. The molecule has 0 atom stereocenters. The number of rotatable bonds is 2. The Morgan fingerprint density at radius 1 is 1.36 bits per heavy atom. The van der Waals surface area contributed by atoms with E-state index in [2.05, 4.69) is 43.0 Å². The molecule has 14 heavy (non-hydrogen) atoms. The first kappa shape index (κ1) is 10.8. The highest BCUT2D eigenvalue weighted by molar-refractivity contribution is 5.82. The van der Waals surface area contributed by atoms with Gasteiger partial charge in [-0.15, -0.1) is 0 Å². The van der Waals surface area contributed by atoms with Gasteiger partial charge in [0.05, 0.1) is 0 Å². The molecule has 0 bridgehead atoms. The summed E-state index contributed by atoms with van der Waals surface area (Å²) in [7, 11) is 0. The van der Waals surface area contributed by atoms with Gasteiger partial charge in [-0.05, 0) is 27.7 Å². The van der Waals surface area contributed by atoms with Gasteiger partial charge in [0, 0.05) is 24.5 Å². The van der Waals surface area contributed by atoms with Crippen molar-refractivity contribution in [2.45, 2.75) is 39.8 Å². The molecular weight excluding hydrogens is 176 g/mol. The zero-order valence-electron chi connectivity index (χ0n) is 9.23. The van der Waals surface area contributed by atoms with Gasteiger partial charge in [0.25, 0.3) is 0 Å². The van der Waals surface area contributed by atoms with Gasteiger partial charge in [-0.25, -0.2) is 9.98 Å². The van der Waals surface area contributed by atoms with Crippen molar-refractivity contribution in [3.63, 3.8) is 0 Å². The van der Waals surface area contributed by atoms with Gasteiger partial charge in [0.1, 0.15) is 6.33 Å². The highest BCUT2D eigenvalue weighted by Crippen LogP contribution is 1.93. The Hall–Kier alpha value is -1.32. The fourth-order valence-corrected chi connectivity index (χ4v) is 1.07. The standard InChI is InChI=1S/C10H18N4/c1-8(2)12-10(13-9(3)4)14-6-5-11-7-14/h5-9H,1-4H3,(H,12,13). The summed E-state index contributed by atoms with van der Waals surface area (Å²) < 4.78 is 1.89. The summed E-state index contributed by atoms with van der Waals surface area (Å²) in [5.74, 6) is 0.854. The molecule has 0 saturated carbocycles. The van der Waals surface area contributed by atoms with Gasteiger partial charge < -0.3 is 5.32 Å². The summed E-state index contributed by atoms with van der Waals surface area (Å²) in [6, 6.07) is 0.647. The number of hydrogen-bond donors (Lipinski definition) is 1. The number of imidazole rings is 1. The van der Waals surface area contributed by atoms with Crippen LogP contribution >= 0.6 is 0 Å². The smallest absolute Gasteiger partial charge is 0.203 e. The van der Waals surface area contributed by atoms with E-state index in [4.69, 9.17) is 0 Å². The van der Waals surface area contributed by atoms with E-state index in [-0.39, 0.29) is 6.04 Å². The predicted molar refractivity (Wildman–Crippen MR) is 58.5 cm³/mol. The van der Waals surface area contributed by atoms with Crippen LogP contribution in [0.3, 0.4) is 0 Å². The molecule has 1 heterocycles. The highest BCUT2D eigenvalue weighted by atomic mass is 15.2. The molecule has 4 heteroatoms. The van der Waals surface area contributed by atoms with Crippen molar-refractivity contribution in [3.05, 3.63) is 18.7 Å². The fraction of sp³-hybridized carbons (Fsp3) is 0.600. The summed E-state index contributed by atoms with van der Waals surface area (Å²) >= 11 is 0. The van der Waals surface area contributed by atoms with Crippen LogP contribution in [-0.4, -0.2) is 27.6 Å². The molecule has 0 aliphatic heterocycles. The monoisotopic (exact) mass is 194 g/mol. The van der Waals surface area contributed by atoms with Crippen molar-refractivity contribution < 1.29 is 0 Å². The van der Waals surface area contributed by atoms with Gasteiger partial charge in [-0.1, -0.05) is 0 Å². The van der Waals surface area contributed by atoms with E-state index in [0.29, 0.717) is 6.04 Å². The van der Waals surface area contributed by atoms with Crippen molar-refractivity contribution in [3.8, 4) is 0 Å². The minimum absolute atomic E-state index is 0.277. The SMILES string of the molecule is CC(C)N=C(NC(C)C)n1ccnc1. The topological polar surface area (TPSA) is 42.2 Å². The maximum atomic E-state index is 4.49. The lowest BCUT2D eigenvalue weighted by Crippen LogP contribution is -2.35. The maximum Gasteiger partial charge on any atom is 0.203 e. The van der Waals surface area contributed by atoms with Crippen LogP contribution in [0.15, 0.2) is 23.7 Å². The van der Waals surface area contributed by atoms with Crippen LogP contribution in [0.5, 0.6) is 0 Å².